The van der Waals surface area contributed by atoms with Gasteiger partial charge in [0.15, 0.2) is 0 Å². The van der Waals surface area contributed by atoms with E-state index in [0.29, 0.717) is 12.4 Å². The third kappa shape index (κ3) is 2.58. The van der Waals surface area contributed by atoms with Crippen molar-refractivity contribution in [3.05, 3.63) is 52.9 Å². The van der Waals surface area contributed by atoms with E-state index in [9.17, 15) is 9.59 Å². The number of urea groups is 1. The van der Waals surface area contributed by atoms with Crippen LogP contribution in [0.5, 0.6) is 0 Å². The SMILES string of the molecule is CN1C(=O)N(C(=O)c2cc3c(Br)cccc3cn2)CCn2nccc21. The summed E-state index contributed by atoms with van der Waals surface area (Å²) >= 11 is 3.48. The normalized spacial score (nSPS) is 14.6. The van der Waals surface area contributed by atoms with Crippen molar-refractivity contribution in [3.8, 4) is 0 Å². The molecule has 1 aliphatic heterocycles. The lowest BCUT2D eigenvalue weighted by Crippen LogP contribution is -2.44. The van der Waals surface area contributed by atoms with Gasteiger partial charge in [0, 0.05) is 29.2 Å². The molecule has 25 heavy (non-hydrogen) atoms. The first-order valence-corrected chi connectivity index (χ1v) is 8.51. The van der Waals surface area contributed by atoms with Crippen LogP contribution >= 0.6 is 15.9 Å². The van der Waals surface area contributed by atoms with Gasteiger partial charge in [-0.15, -0.1) is 0 Å². The number of anilines is 1. The highest BCUT2D eigenvalue weighted by Gasteiger charge is 2.31. The zero-order valence-corrected chi connectivity index (χ0v) is 15.0. The van der Waals surface area contributed by atoms with Gasteiger partial charge in [0.05, 0.1) is 19.3 Å². The number of fused-ring (bicyclic) bond motifs is 2. The van der Waals surface area contributed by atoms with Gasteiger partial charge in [-0.3, -0.25) is 19.6 Å². The largest absolute Gasteiger partial charge is 0.332 e. The topological polar surface area (TPSA) is 71.3 Å². The van der Waals surface area contributed by atoms with Crippen LogP contribution in [0.1, 0.15) is 10.5 Å². The second-order valence-electron chi connectivity index (χ2n) is 5.74. The average Bonchev–Trinajstić information content (AvgIpc) is 3.05. The molecule has 0 atom stereocenters. The maximum atomic E-state index is 12.9. The number of carbonyl (C=O) groups excluding carboxylic acids is 2. The van der Waals surface area contributed by atoms with Crippen LogP contribution in [0.2, 0.25) is 0 Å². The highest BCUT2D eigenvalue weighted by atomic mass is 79.9. The maximum absolute atomic E-state index is 12.9. The zero-order chi connectivity index (χ0) is 17.6. The average molecular weight is 400 g/mol. The monoisotopic (exact) mass is 399 g/mol. The first-order chi connectivity index (χ1) is 12.1. The molecule has 0 radical (unpaired) electrons. The standard InChI is InChI=1S/C17H14BrN5O2/c1-21-15-5-6-20-23(15)8-7-22(17(21)25)16(24)14-9-12-11(10-19-14)3-2-4-13(12)18/h2-6,9-10H,7-8H2,1H3. The molecule has 0 unspecified atom stereocenters. The fraction of sp³-hybridized carbons (Fsp3) is 0.176. The van der Waals surface area contributed by atoms with E-state index in [0.717, 1.165) is 15.2 Å². The molecule has 0 saturated heterocycles. The fourth-order valence-electron chi connectivity index (χ4n) is 2.93. The van der Waals surface area contributed by atoms with Gasteiger partial charge in [-0.25, -0.2) is 9.48 Å². The molecule has 7 nitrogen and oxygen atoms in total. The predicted molar refractivity (Wildman–Crippen MR) is 96.5 cm³/mol. The Morgan fingerprint density at radius 2 is 2.08 bits per heavy atom. The van der Waals surface area contributed by atoms with Crippen LogP contribution in [0.4, 0.5) is 10.6 Å². The molecule has 2 aromatic heterocycles. The first-order valence-electron chi connectivity index (χ1n) is 7.72. The fourth-order valence-corrected chi connectivity index (χ4v) is 3.42. The number of nitrogens with zero attached hydrogens (tertiary/aromatic N) is 5. The van der Waals surface area contributed by atoms with Crippen LogP contribution in [0, 0.1) is 0 Å². The minimum absolute atomic E-state index is 0.237. The number of carbonyl (C=O) groups is 2. The van der Waals surface area contributed by atoms with Gasteiger partial charge in [-0.05, 0) is 17.5 Å². The smallest absolute Gasteiger partial charge is 0.281 e. The molecular formula is C17H14BrN5O2. The Bertz CT molecular complexity index is 1000. The highest BCUT2D eigenvalue weighted by Crippen LogP contribution is 2.25. The lowest BCUT2D eigenvalue weighted by Gasteiger charge is -2.22. The molecule has 3 aromatic rings. The summed E-state index contributed by atoms with van der Waals surface area (Å²) in [6, 6.07) is 8.80. The number of benzene rings is 1. The molecular weight excluding hydrogens is 386 g/mol. The van der Waals surface area contributed by atoms with Gasteiger partial charge in [0.1, 0.15) is 11.5 Å². The predicted octanol–water partition coefficient (Wildman–Crippen LogP) is 2.91. The van der Waals surface area contributed by atoms with Crippen LogP contribution in [0.25, 0.3) is 10.8 Å². The van der Waals surface area contributed by atoms with E-state index in [1.807, 2.05) is 18.2 Å². The number of aromatic nitrogens is 3. The number of halogens is 1. The molecule has 126 valence electrons. The van der Waals surface area contributed by atoms with Crippen molar-refractivity contribution in [2.45, 2.75) is 6.54 Å². The quantitative estimate of drug-likeness (QED) is 0.630. The Balaban J connectivity index is 1.70. The Hall–Kier alpha value is -2.74. The van der Waals surface area contributed by atoms with Crippen LogP contribution in [0.15, 0.2) is 47.2 Å². The zero-order valence-electron chi connectivity index (χ0n) is 13.4. The number of hydrogen-bond acceptors (Lipinski definition) is 4. The van der Waals surface area contributed by atoms with Crippen molar-refractivity contribution in [3.63, 3.8) is 0 Å². The van der Waals surface area contributed by atoms with Crippen molar-refractivity contribution >= 4 is 44.5 Å². The molecule has 0 N–H and O–H groups in total. The summed E-state index contributed by atoms with van der Waals surface area (Å²) in [5.41, 5.74) is 0.237. The van der Waals surface area contributed by atoms with Gasteiger partial charge in [0.25, 0.3) is 5.91 Å². The van der Waals surface area contributed by atoms with Crippen LogP contribution in [0.3, 0.4) is 0 Å². The lowest BCUT2D eigenvalue weighted by atomic mass is 10.1. The minimum atomic E-state index is -0.416. The second kappa shape index (κ2) is 5.96. The molecule has 1 aliphatic rings. The van der Waals surface area contributed by atoms with E-state index in [1.54, 1.807) is 36.3 Å². The summed E-state index contributed by atoms with van der Waals surface area (Å²) in [6.45, 7) is 0.688. The summed E-state index contributed by atoms with van der Waals surface area (Å²) in [7, 11) is 1.63. The molecule has 3 amide bonds. The number of imide groups is 1. The Morgan fingerprint density at radius 3 is 2.92 bits per heavy atom. The van der Waals surface area contributed by atoms with Gasteiger partial charge >= 0.3 is 6.03 Å². The van der Waals surface area contributed by atoms with Gasteiger partial charge < -0.3 is 0 Å². The molecule has 8 heteroatoms. The Labute approximate surface area is 152 Å². The van der Waals surface area contributed by atoms with Crippen molar-refractivity contribution in [2.75, 3.05) is 18.5 Å². The molecule has 1 aromatic carbocycles. The summed E-state index contributed by atoms with van der Waals surface area (Å²) in [5, 5.41) is 5.98. The third-order valence-electron chi connectivity index (χ3n) is 4.27. The Morgan fingerprint density at radius 1 is 1.24 bits per heavy atom. The van der Waals surface area contributed by atoms with Crippen LogP contribution < -0.4 is 4.90 Å². The molecule has 4 rings (SSSR count). The molecule has 3 heterocycles. The minimum Gasteiger partial charge on any atom is -0.281 e. The Kier molecular flexibility index (Phi) is 3.76. The summed E-state index contributed by atoms with van der Waals surface area (Å²) < 4.78 is 2.58. The number of hydrogen-bond donors (Lipinski definition) is 0. The van der Waals surface area contributed by atoms with E-state index >= 15 is 0 Å². The highest BCUT2D eigenvalue weighted by molar-refractivity contribution is 9.10. The molecule has 0 spiro atoms. The van der Waals surface area contributed by atoms with Gasteiger partial charge in [-0.2, -0.15) is 5.10 Å². The van der Waals surface area contributed by atoms with E-state index in [4.69, 9.17) is 0 Å². The number of rotatable bonds is 1. The van der Waals surface area contributed by atoms with E-state index < -0.39 is 11.9 Å². The molecule has 0 fully saturated rings. The lowest BCUT2D eigenvalue weighted by molar-refractivity contribution is 0.0800. The molecule has 0 aliphatic carbocycles. The van der Waals surface area contributed by atoms with Crippen LogP contribution in [-0.4, -0.2) is 45.2 Å². The van der Waals surface area contributed by atoms with Crippen molar-refractivity contribution < 1.29 is 9.59 Å². The number of pyridine rings is 1. The molecule has 0 saturated carbocycles. The van der Waals surface area contributed by atoms with Crippen molar-refractivity contribution in [1.29, 1.82) is 0 Å². The first kappa shape index (κ1) is 15.8. The third-order valence-corrected chi connectivity index (χ3v) is 4.96. The molecule has 0 bridgehead atoms. The van der Waals surface area contributed by atoms with E-state index in [-0.39, 0.29) is 12.2 Å². The van der Waals surface area contributed by atoms with Crippen molar-refractivity contribution in [2.24, 2.45) is 0 Å². The maximum Gasteiger partial charge on any atom is 0.332 e. The summed E-state index contributed by atoms with van der Waals surface area (Å²) in [4.78, 5) is 32.5. The second-order valence-corrected chi connectivity index (χ2v) is 6.60. The van der Waals surface area contributed by atoms with Gasteiger partial charge in [-0.1, -0.05) is 28.1 Å². The van der Waals surface area contributed by atoms with E-state index in [2.05, 4.69) is 26.0 Å². The van der Waals surface area contributed by atoms with E-state index in [1.165, 1.54) is 9.80 Å². The van der Waals surface area contributed by atoms with Gasteiger partial charge in [0.2, 0.25) is 0 Å². The van der Waals surface area contributed by atoms with Crippen molar-refractivity contribution in [1.82, 2.24) is 19.7 Å². The summed E-state index contributed by atoms with van der Waals surface area (Å²) in [5.74, 6) is 0.245. The van der Waals surface area contributed by atoms with Crippen LogP contribution in [-0.2, 0) is 6.54 Å². The summed E-state index contributed by atoms with van der Waals surface area (Å²) in [6.07, 6.45) is 3.28. The number of amides is 3.